The van der Waals surface area contributed by atoms with Crippen molar-refractivity contribution in [2.45, 2.75) is 38.1 Å². The average Bonchev–Trinajstić information content (AvgIpc) is 2.61. The minimum atomic E-state index is -3.31. The van der Waals surface area contributed by atoms with Gasteiger partial charge in [0, 0.05) is 12.3 Å². The van der Waals surface area contributed by atoms with E-state index in [0.717, 1.165) is 11.9 Å². The molecule has 1 aromatic heterocycles. The van der Waals surface area contributed by atoms with Crippen molar-refractivity contribution in [1.82, 2.24) is 9.55 Å². The number of fused-ring (bicyclic) bond motifs is 1. The molecule has 0 aliphatic rings. The van der Waals surface area contributed by atoms with Crippen molar-refractivity contribution < 1.29 is 8.42 Å². The van der Waals surface area contributed by atoms with Gasteiger partial charge in [-0.15, -0.1) is 0 Å². The average molecular weight is 295 g/mol. The smallest absolute Gasteiger partial charge is 0.201 e. The predicted molar refractivity (Wildman–Crippen MR) is 81.4 cm³/mol. The van der Waals surface area contributed by atoms with Crippen molar-refractivity contribution in [3.8, 4) is 0 Å². The number of nitrogen functional groups attached to an aromatic ring is 1. The molecule has 0 saturated heterocycles. The van der Waals surface area contributed by atoms with E-state index in [4.69, 9.17) is 5.73 Å². The molecular weight excluding hydrogens is 274 g/mol. The summed E-state index contributed by atoms with van der Waals surface area (Å²) in [6.45, 7) is 6.37. The number of nitrogens with zero attached hydrogens (tertiary/aromatic N) is 2. The monoisotopic (exact) mass is 295 g/mol. The van der Waals surface area contributed by atoms with Gasteiger partial charge in [0.15, 0.2) is 9.84 Å². The number of sulfone groups is 1. The molecule has 0 fully saturated rings. The van der Waals surface area contributed by atoms with Crippen LogP contribution in [0.4, 0.5) is 5.95 Å². The molecule has 2 rings (SSSR count). The Morgan fingerprint density at radius 2 is 1.95 bits per heavy atom. The van der Waals surface area contributed by atoms with Gasteiger partial charge < -0.3 is 10.3 Å². The van der Waals surface area contributed by atoms with Gasteiger partial charge >= 0.3 is 0 Å². The Labute approximate surface area is 119 Å². The SMILES string of the molecule is CC(C)CC(C)n1c(N)nc2c(S(C)(=O)=O)cccc21. The van der Waals surface area contributed by atoms with Crippen molar-refractivity contribution in [1.29, 1.82) is 0 Å². The van der Waals surface area contributed by atoms with Crippen LogP contribution in [0.15, 0.2) is 23.1 Å². The van der Waals surface area contributed by atoms with E-state index in [1.807, 2.05) is 10.6 Å². The van der Waals surface area contributed by atoms with Crippen molar-refractivity contribution in [2.24, 2.45) is 5.92 Å². The van der Waals surface area contributed by atoms with E-state index in [-0.39, 0.29) is 10.9 Å². The number of aromatic nitrogens is 2. The molecule has 5 nitrogen and oxygen atoms in total. The third-order valence-corrected chi connectivity index (χ3v) is 4.49. The maximum absolute atomic E-state index is 11.8. The molecule has 1 atom stereocenters. The lowest BCUT2D eigenvalue weighted by atomic mass is 10.1. The van der Waals surface area contributed by atoms with Crippen LogP contribution in [0.2, 0.25) is 0 Å². The summed E-state index contributed by atoms with van der Waals surface area (Å²) in [4.78, 5) is 4.50. The summed E-state index contributed by atoms with van der Waals surface area (Å²) in [6, 6.07) is 5.35. The van der Waals surface area contributed by atoms with Crippen molar-refractivity contribution >= 4 is 26.8 Å². The second kappa shape index (κ2) is 5.09. The van der Waals surface area contributed by atoms with Crippen molar-refractivity contribution in [3.05, 3.63) is 18.2 Å². The van der Waals surface area contributed by atoms with Crippen molar-refractivity contribution in [3.63, 3.8) is 0 Å². The van der Waals surface area contributed by atoms with E-state index in [1.165, 1.54) is 6.26 Å². The van der Waals surface area contributed by atoms with Crippen molar-refractivity contribution in [2.75, 3.05) is 12.0 Å². The molecular formula is C14H21N3O2S. The molecule has 0 spiro atoms. The van der Waals surface area contributed by atoms with Gasteiger partial charge in [-0.3, -0.25) is 0 Å². The standard InChI is InChI=1S/C14H21N3O2S/c1-9(2)8-10(3)17-11-6-5-7-12(20(4,18)19)13(11)16-14(17)15/h5-7,9-10H,8H2,1-4H3,(H2,15,16). The second-order valence-corrected chi connectivity index (χ2v) is 7.70. The maximum Gasteiger partial charge on any atom is 0.201 e. The number of anilines is 1. The Balaban J connectivity index is 2.67. The fraction of sp³-hybridized carbons (Fsp3) is 0.500. The minimum absolute atomic E-state index is 0.176. The summed E-state index contributed by atoms with van der Waals surface area (Å²) in [7, 11) is -3.31. The summed E-state index contributed by atoms with van der Waals surface area (Å²) in [5, 5.41) is 0. The molecule has 20 heavy (non-hydrogen) atoms. The molecule has 1 unspecified atom stereocenters. The van der Waals surface area contributed by atoms with E-state index in [0.29, 0.717) is 17.4 Å². The molecule has 0 aliphatic carbocycles. The van der Waals surface area contributed by atoms with Gasteiger partial charge in [0.1, 0.15) is 5.52 Å². The van der Waals surface area contributed by atoms with Gasteiger partial charge in [-0.05, 0) is 31.4 Å². The molecule has 110 valence electrons. The summed E-state index contributed by atoms with van der Waals surface area (Å²) in [5.74, 6) is 0.893. The lowest BCUT2D eigenvalue weighted by Gasteiger charge is -2.18. The molecule has 0 saturated carbocycles. The highest BCUT2D eigenvalue weighted by Crippen LogP contribution is 2.30. The number of rotatable bonds is 4. The first kappa shape index (κ1) is 14.8. The predicted octanol–water partition coefficient (Wildman–Crippen LogP) is 2.63. The quantitative estimate of drug-likeness (QED) is 0.940. The lowest BCUT2D eigenvalue weighted by molar-refractivity contribution is 0.439. The highest BCUT2D eigenvalue weighted by molar-refractivity contribution is 7.91. The van der Waals surface area contributed by atoms with Gasteiger partial charge in [-0.25, -0.2) is 13.4 Å². The van der Waals surface area contributed by atoms with Crippen LogP contribution in [0.25, 0.3) is 11.0 Å². The molecule has 0 bridgehead atoms. The normalized spacial score (nSPS) is 14.1. The number of hydrogen-bond donors (Lipinski definition) is 1. The third kappa shape index (κ3) is 2.65. The lowest BCUT2D eigenvalue weighted by Crippen LogP contribution is -2.11. The first-order chi connectivity index (χ1) is 9.21. The van der Waals surface area contributed by atoms with E-state index in [2.05, 4.69) is 25.8 Å². The first-order valence-corrected chi connectivity index (χ1v) is 8.57. The molecule has 0 radical (unpaired) electrons. The van der Waals surface area contributed by atoms with Crippen LogP contribution in [0.5, 0.6) is 0 Å². The third-order valence-electron chi connectivity index (χ3n) is 3.36. The van der Waals surface area contributed by atoms with E-state index in [1.54, 1.807) is 12.1 Å². The van der Waals surface area contributed by atoms with Crippen LogP contribution < -0.4 is 5.73 Å². The van der Waals surface area contributed by atoms with Gasteiger partial charge in [-0.2, -0.15) is 0 Å². The zero-order valence-electron chi connectivity index (χ0n) is 12.3. The zero-order chi connectivity index (χ0) is 15.1. The molecule has 1 aromatic carbocycles. The van der Waals surface area contributed by atoms with E-state index < -0.39 is 9.84 Å². The van der Waals surface area contributed by atoms with Crippen LogP contribution in [0, 0.1) is 5.92 Å². The Morgan fingerprint density at radius 1 is 1.30 bits per heavy atom. The highest BCUT2D eigenvalue weighted by Gasteiger charge is 2.20. The highest BCUT2D eigenvalue weighted by atomic mass is 32.2. The zero-order valence-corrected chi connectivity index (χ0v) is 13.1. The fourth-order valence-electron chi connectivity index (χ4n) is 2.66. The molecule has 6 heteroatoms. The molecule has 0 amide bonds. The summed E-state index contributed by atoms with van der Waals surface area (Å²) in [6.07, 6.45) is 2.15. The second-order valence-electron chi connectivity index (χ2n) is 5.71. The number of imidazole rings is 1. The molecule has 0 aliphatic heterocycles. The Morgan fingerprint density at radius 3 is 2.50 bits per heavy atom. The van der Waals surface area contributed by atoms with Gasteiger partial charge in [0.25, 0.3) is 0 Å². The minimum Gasteiger partial charge on any atom is -0.369 e. The van der Waals surface area contributed by atoms with Crippen LogP contribution >= 0.6 is 0 Å². The van der Waals surface area contributed by atoms with Crippen LogP contribution in [0.1, 0.15) is 33.2 Å². The number of para-hydroxylation sites is 1. The number of hydrogen-bond acceptors (Lipinski definition) is 4. The number of nitrogens with two attached hydrogens (primary N) is 1. The van der Waals surface area contributed by atoms with Crippen LogP contribution in [-0.4, -0.2) is 24.2 Å². The van der Waals surface area contributed by atoms with Crippen LogP contribution in [-0.2, 0) is 9.84 Å². The summed E-state index contributed by atoms with van der Waals surface area (Å²) in [5.41, 5.74) is 7.24. The summed E-state index contributed by atoms with van der Waals surface area (Å²) < 4.78 is 25.6. The maximum atomic E-state index is 11.8. The molecule has 1 heterocycles. The largest absolute Gasteiger partial charge is 0.369 e. The fourth-order valence-corrected chi connectivity index (χ4v) is 3.49. The van der Waals surface area contributed by atoms with E-state index >= 15 is 0 Å². The number of benzene rings is 1. The Bertz CT molecular complexity index is 732. The summed E-state index contributed by atoms with van der Waals surface area (Å²) >= 11 is 0. The molecule has 2 N–H and O–H groups in total. The Kier molecular flexibility index (Phi) is 3.77. The van der Waals surface area contributed by atoms with Gasteiger partial charge in [0.05, 0.1) is 10.4 Å². The van der Waals surface area contributed by atoms with Gasteiger partial charge in [-0.1, -0.05) is 19.9 Å². The topological polar surface area (TPSA) is 78.0 Å². The first-order valence-electron chi connectivity index (χ1n) is 6.68. The Hall–Kier alpha value is -1.56. The van der Waals surface area contributed by atoms with Crippen LogP contribution in [0.3, 0.4) is 0 Å². The van der Waals surface area contributed by atoms with E-state index in [9.17, 15) is 8.42 Å². The van der Waals surface area contributed by atoms with Gasteiger partial charge in [0.2, 0.25) is 5.95 Å². The molecule has 2 aromatic rings.